The van der Waals surface area contributed by atoms with Crippen molar-refractivity contribution in [2.24, 2.45) is 4.99 Å². The molecule has 5 nitrogen and oxygen atoms in total. The van der Waals surface area contributed by atoms with Crippen molar-refractivity contribution in [3.8, 4) is 5.75 Å². The molecule has 30 heavy (non-hydrogen) atoms. The van der Waals surface area contributed by atoms with E-state index in [9.17, 15) is 13.5 Å². The molecule has 1 rings (SSSR count). The molecule has 0 saturated heterocycles. The predicted molar refractivity (Wildman–Crippen MR) is 120 cm³/mol. The molecule has 0 aromatic heterocycles. The van der Waals surface area contributed by atoms with Crippen molar-refractivity contribution in [3.63, 3.8) is 0 Å². The van der Waals surface area contributed by atoms with Crippen LogP contribution in [0.15, 0.2) is 23.2 Å². The quantitative estimate of drug-likeness (QED) is 0.172. The molecule has 1 aromatic carbocycles. The monoisotopic (exact) mass is 447 g/mol. The number of hydrogen-bond donors (Lipinski definition) is 1. The second-order valence-corrected chi connectivity index (χ2v) is 9.40. The van der Waals surface area contributed by atoms with Gasteiger partial charge in [0.1, 0.15) is 0 Å². The Hall–Kier alpha value is -0.400. The Bertz CT molecular complexity index is 692. The molecule has 0 aliphatic heterocycles. The van der Waals surface area contributed by atoms with E-state index in [-0.39, 0.29) is 41.9 Å². The van der Waals surface area contributed by atoms with Crippen LogP contribution in [0.1, 0.15) is 95.1 Å². The van der Waals surface area contributed by atoms with E-state index in [1.54, 1.807) is 6.07 Å². The van der Waals surface area contributed by atoms with E-state index >= 15 is 0 Å². The van der Waals surface area contributed by atoms with Crippen molar-refractivity contribution < 1.29 is 47.6 Å². The maximum Gasteiger partial charge on any atom is 1.00 e. The normalized spacial score (nSPS) is 11.7. The number of aryl methyl sites for hydroxylation is 1. The first-order valence-corrected chi connectivity index (χ1v) is 12.8. The van der Waals surface area contributed by atoms with E-state index < -0.39 is 15.9 Å². The topological polar surface area (TPSA) is 89.8 Å². The van der Waals surface area contributed by atoms with Crippen molar-refractivity contribution in [3.05, 3.63) is 29.3 Å². The van der Waals surface area contributed by atoms with Gasteiger partial charge in [-0.15, -0.1) is 5.75 Å². The number of aliphatic imine (C=N–C) groups is 1. The van der Waals surface area contributed by atoms with Crippen LogP contribution in [0.2, 0.25) is 0 Å². The Balaban J connectivity index is 0.00000841. The summed E-state index contributed by atoms with van der Waals surface area (Å²) in [5.41, 5.74) is 1.57. The van der Waals surface area contributed by atoms with E-state index in [0.29, 0.717) is 5.56 Å². The number of nitrogens with zero attached hydrogens (tertiary/aromatic N) is 1. The third-order valence-corrected chi connectivity index (χ3v) is 5.80. The molecule has 1 aromatic rings. The van der Waals surface area contributed by atoms with Crippen LogP contribution in [0.25, 0.3) is 0 Å². The van der Waals surface area contributed by atoms with Gasteiger partial charge in [0, 0.05) is 6.21 Å². The zero-order valence-corrected chi connectivity index (χ0v) is 21.8. The minimum Gasteiger partial charge on any atom is -0.872 e. The summed E-state index contributed by atoms with van der Waals surface area (Å²) in [5.74, 6) is -0.560. The first-order chi connectivity index (χ1) is 13.9. The number of benzene rings is 1. The summed E-state index contributed by atoms with van der Waals surface area (Å²) in [5, 5.41) is 11.9. The van der Waals surface area contributed by atoms with Gasteiger partial charge in [0.15, 0.2) is 0 Å². The minimum absolute atomic E-state index is 0. The Morgan fingerprint density at radius 3 is 2.00 bits per heavy atom. The number of rotatable bonds is 17. The largest absolute Gasteiger partial charge is 1.00 e. The SMILES string of the molecule is CCCCCCCCCCCCCCc1ccc([O-])c(C=NCCS(=O)(=O)O)c1.[Na+]. The van der Waals surface area contributed by atoms with E-state index in [4.69, 9.17) is 4.55 Å². The van der Waals surface area contributed by atoms with Gasteiger partial charge in [-0.3, -0.25) is 9.55 Å². The molecule has 1 N–H and O–H groups in total. The summed E-state index contributed by atoms with van der Waals surface area (Å²) in [6, 6.07) is 5.23. The molecule has 0 amide bonds. The molecule has 166 valence electrons. The molecule has 0 unspecified atom stereocenters. The maximum atomic E-state index is 11.9. The summed E-state index contributed by atoms with van der Waals surface area (Å²) in [6.45, 7) is 2.20. The van der Waals surface area contributed by atoms with Crippen LogP contribution < -0.4 is 34.7 Å². The van der Waals surface area contributed by atoms with Crippen molar-refractivity contribution in [2.75, 3.05) is 12.3 Å². The van der Waals surface area contributed by atoms with Gasteiger partial charge < -0.3 is 5.11 Å². The molecule has 7 heteroatoms. The van der Waals surface area contributed by atoms with Crippen LogP contribution in [-0.2, 0) is 16.5 Å². The minimum atomic E-state index is -4.02. The van der Waals surface area contributed by atoms with E-state index in [0.717, 1.165) is 18.4 Å². The van der Waals surface area contributed by atoms with Crippen LogP contribution in [-0.4, -0.2) is 31.5 Å². The van der Waals surface area contributed by atoms with Gasteiger partial charge in [-0.05, 0) is 24.0 Å². The molecule has 0 atom stereocenters. The fourth-order valence-corrected chi connectivity index (χ4v) is 3.69. The fourth-order valence-electron chi connectivity index (χ4n) is 3.36. The molecular formula is C23H38NNaO4S. The van der Waals surface area contributed by atoms with Crippen molar-refractivity contribution >= 4 is 16.3 Å². The van der Waals surface area contributed by atoms with Gasteiger partial charge in [0.05, 0.1) is 12.3 Å². The molecule has 0 bridgehead atoms. The zero-order chi connectivity index (χ0) is 21.4. The summed E-state index contributed by atoms with van der Waals surface area (Å²) in [4.78, 5) is 3.93. The van der Waals surface area contributed by atoms with Gasteiger partial charge in [-0.25, -0.2) is 0 Å². The standard InChI is InChI=1S/C23H39NO4S.Na/c1-2-3-4-5-6-7-8-9-10-11-12-13-14-21-15-16-23(25)22(19-21)20-24-17-18-29(26,27)28;/h15-16,19-20,25H,2-14,17-18H2,1H3,(H,26,27,28);/q;+1/p-1. The van der Waals surface area contributed by atoms with Crippen LogP contribution in [0, 0.1) is 0 Å². The van der Waals surface area contributed by atoms with Crippen LogP contribution in [0.4, 0.5) is 0 Å². The first kappa shape index (κ1) is 29.6. The Morgan fingerprint density at radius 2 is 1.47 bits per heavy atom. The summed E-state index contributed by atoms with van der Waals surface area (Å²) < 4.78 is 30.0. The second-order valence-electron chi connectivity index (χ2n) is 7.83. The van der Waals surface area contributed by atoms with Gasteiger partial charge in [0.25, 0.3) is 10.1 Å². The van der Waals surface area contributed by atoms with Gasteiger partial charge in [0.2, 0.25) is 0 Å². The van der Waals surface area contributed by atoms with Crippen LogP contribution in [0.3, 0.4) is 0 Å². The van der Waals surface area contributed by atoms with Crippen LogP contribution in [0.5, 0.6) is 5.75 Å². The Labute approximate surface area is 205 Å². The van der Waals surface area contributed by atoms with E-state index in [1.807, 2.05) is 12.1 Å². The third-order valence-electron chi connectivity index (χ3n) is 5.10. The fraction of sp³-hybridized carbons (Fsp3) is 0.696. The summed E-state index contributed by atoms with van der Waals surface area (Å²) >= 11 is 0. The third kappa shape index (κ3) is 16.3. The average Bonchev–Trinajstić information content (AvgIpc) is 2.67. The number of hydrogen-bond acceptors (Lipinski definition) is 4. The molecule has 0 aliphatic rings. The molecule has 0 radical (unpaired) electrons. The van der Waals surface area contributed by atoms with Crippen molar-refractivity contribution in [2.45, 2.75) is 90.4 Å². The smallest absolute Gasteiger partial charge is 0.872 e. The summed E-state index contributed by atoms with van der Waals surface area (Å²) in [6.07, 6.45) is 18.1. The van der Waals surface area contributed by atoms with Gasteiger partial charge in [-0.2, -0.15) is 8.42 Å². The summed E-state index contributed by atoms with van der Waals surface area (Å²) in [7, 11) is -4.02. The maximum absolute atomic E-state index is 11.9. The zero-order valence-electron chi connectivity index (χ0n) is 18.9. The first-order valence-electron chi connectivity index (χ1n) is 11.2. The molecule has 0 heterocycles. The van der Waals surface area contributed by atoms with E-state index in [2.05, 4.69) is 11.9 Å². The van der Waals surface area contributed by atoms with Crippen molar-refractivity contribution in [1.29, 1.82) is 0 Å². The molecule has 0 spiro atoms. The predicted octanol–water partition coefficient (Wildman–Crippen LogP) is 2.31. The number of unbranched alkanes of at least 4 members (excludes halogenated alkanes) is 11. The van der Waals surface area contributed by atoms with E-state index in [1.165, 1.54) is 76.8 Å². The molecule has 0 saturated carbocycles. The van der Waals surface area contributed by atoms with Crippen molar-refractivity contribution in [1.82, 2.24) is 0 Å². The molecule has 0 aliphatic carbocycles. The van der Waals surface area contributed by atoms with Gasteiger partial charge >= 0.3 is 29.6 Å². The molecular weight excluding hydrogens is 409 g/mol. The molecule has 0 fully saturated rings. The van der Waals surface area contributed by atoms with Gasteiger partial charge in [-0.1, -0.05) is 95.8 Å². The Kier molecular flexibility index (Phi) is 18.0. The average molecular weight is 448 g/mol. The second kappa shape index (κ2) is 18.2. The van der Waals surface area contributed by atoms with Crippen LogP contribution >= 0.6 is 0 Å². The Morgan fingerprint density at radius 1 is 0.933 bits per heavy atom.